The maximum Gasteiger partial charge on any atom is 0.257 e. The Bertz CT molecular complexity index is 1190. The van der Waals surface area contributed by atoms with Gasteiger partial charge in [-0.1, -0.05) is 23.8 Å². The number of nitrogens with zero attached hydrogens (tertiary/aromatic N) is 1. The van der Waals surface area contributed by atoms with E-state index < -0.39 is 35.5 Å². The highest BCUT2D eigenvalue weighted by Crippen LogP contribution is 2.55. The fraction of sp³-hybridized carbons (Fsp3) is 0.333. The Morgan fingerprint density at radius 3 is 2.48 bits per heavy atom. The average molecular weight is 419 g/mol. The van der Waals surface area contributed by atoms with Gasteiger partial charge in [-0.15, -0.1) is 0 Å². The molecule has 1 aromatic carbocycles. The summed E-state index contributed by atoms with van der Waals surface area (Å²) in [7, 11) is 0. The van der Waals surface area contributed by atoms with Crippen LogP contribution in [-0.4, -0.2) is 38.8 Å². The molecule has 0 radical (unpaired) electrons. The van der Waals surface area contributed by atoms with Crippen molar-refractivity contribution in [3.63, 3.8) is 0 Å². The maximum atomic E-state index is 13.1. The van der Waals surface area contributed by atoms with Gasteiger partial charge in [0.15, 0.2) is 11.6 Å². The average Bonchev–Trinajstić information content (AvgIpc) is 2.97. The van der Waals surface area contributed by atoms with Gasteiger partial charge in [0.1, 0.15) is 5.75 Å². The van der Waals surface area contributed by atoms with Crippen LogP contribution in [0.3, 0.4) is 0 Å². The van der Waals surface area contributed by atoms with E-state index in [1.54, 1.807) is 32.0 Å². The molecule has 1 fully saturated rings. The Morgan fingerprint density at radius 1 is 1.03 bits per heavy atom. The lowest BCUT2D eigenvalue weighted by atomic mass is 9.59. The molecule has 7 nitrogen and oxygen atoms in total. The summed E-state index contributed by atoms with van der Waals surface area (Å²) in [5.74, 6) is -4.06. The standard InChI is InChI=1S/C24H21NO6/c1-10-7-12(3-6-17(10)26)19-13-4-5-14-20(24(30)25(31)23(14)29)15(13)9-16-21(19)18(27)8-11(2)22(16)28/h3-4,6-8,14-15,19-20,26,31H,5,9H2,1-2H3. The highest BCUT2D eigenvalue weighted by Gasteiger charge is 2.56. The van der Waals surface area contributed by atoms with E-state index in [-0.39, 0.29) is 35.2 Å². The molecule has 1 aromatic rings. The summed E-state index contributed by atoms with van der Waals surface area (Å²) in [6.07, 6.45) is 3.70. The normalized spacial score (nSPS) is 30.1. The number of carbonyl (C=O) groups excluding carboxylic acids is 4. The van der Waals surface area contributed by atoms with Gasteiger partial charge in [-0.2, -0.15) is 5.06 Å². The van der Waals surface area contributed by atoms with Crippen LogP contribution >= 0.6 is 0 Å². The summed E-state index contributed by atoms with van der Waals surface area (Å²) >= 11 is 0. The van der Waals surface area contributed by atoms with E-state index in [0.717, 1.165) is 11.1 Å². The minimum Gasteiger partial charge on any atom is -0.508 e. The lowest BCUT2D eigenvalue weighted by molar-refractivity contribution is -0.173. The van der Waals surface area contributed by atoms with Crippen LogP contribution < -0.4 is 0 Å². The molecule has 31 heavy (non-hydrogen) atoms. The van der Waals surface area contributed by atoms with Gasteiger partial charge in [-0.3, -0.25) is 24.4 Å². The van der Waals surface area contributed by atoms with Gasteiger partial charge in [-0.05, 0) is 55.9 Å². The predicted octanol–water partition coefficient (Wildman–Crippen LogP) is 2.52. The summed E-state index contributed by atoms with van der Waals surface area (Å²) in [4.78, 5) is 51.2. The van der Waals surface area contributed by atoms with Gasteiger partial charge in [0.25, 0.3) is 11.8 Å². The minimum atomic E-state index is -0.763. The molecule has 1 heterocycles. The van der Waals surface area contributed by atoms with Crippen molar-refractivity contribution < 1.29 is 29.5 Å². The van der Waals surface area contributed by atoms with Crippen molar-refractivity contribution in [3.8, 4) is 5.75 Å². The summed E-state index contributed by atoms with van der Waals surface area (Å²) in [6.45, 7) is 3.35. The van der Waals surface area contributed by atoms with Crippen LogP contribution in [0.25, 0.3) is 0 Å². The maximum absolute atomic E-state index is 13.1. The van der Waals surface area contributed by atoms with Gasteiger partial charge >= 0.3 is 0 Å². The highest BCUT2D eigenvalue weighted by molar-refractivity contribution is 6.23. The highest BCUT2D eigenvalue weighted by atomic mass is 16.5. The first-order valence-electron chi connectivity index (χ1n) is 10.3. The molecular weight excluding hydrogens is 398 g/mol. The number of amides is 2. The number of hydrogen-bond acceptors (Lipinski definition) is 6. The third-order valence-electron chi connectivity index (χ3n) is 7.09. The van der Waals surface area contributed by atoms with Crippen LogP contribution in [0.15, 0.2) is 52.6 Å². The lowest BCUT2D eigenvalue weighted by Crippen LogP contribution is -2.39. The number of benzene rings is 1. The van der Waals surface area contributed by atoms with Gasteiger partial charge in [0.2, 0.25) is 0 Å². The van der Waals surface area contributed by atoms with Crippen LogP contribution in [0, 0.1) is 24.7 Å². The van der Waals surface area contributed by atoms with E-state index in [2.05, 4.69) is 0 Å². The van der Waals surface area contributed by atoms with Crippen molar-refractivity contribution in [1.82, 2.24) is 5.06 Å². The molecule has 0 saturated carbocycles. The molecule has 1 aliphatic heterocycles. The Balaban J connectivity index is 1.72. The van der Waals surface area contributed by atoms with E-state index >= 15 is 0 Å². The quantitative estimate of drug-likeness (QED) is 0.313. The van der Waals surface area contributed by atoms with Crippen LogP contribution in [0.1, 0.15) is 36.8 Å². The van der Waals surface area contributed by atoms with E-state index in [1.807, 2.05) is 6.08 Å². The number of ketones is 2. The molecule has 158 valence electrons. The van der Waals surface area contributed by atoms with Crippen molar-refractivity contribution in [2.45, 2.75) is 32.6 Å². The summed E-state index contributed by atoms with van der Waals surface area (Å²) in [6, 6.07) is 5.05. The molecule has 5 rings (SSSR count). The molecule has 2 N–H and O–H groups in total. The number of carbonyl (C=O) groups is 4. The summed E-state index contributed by atoms with van der Waals surface area (Å²) in [5.41, 5.74) is 3.31. The van der Waals surface area contributed by atoms with Crippen LogP contribution in [0.2, 0.25) is 0 Å². The predicted molar refractivity (Wildman–Crippen MR) is 108 cm³/mol. The minimum absolute atomic E-state index is 0.122. The lowest BCUT2D eigenvalue weighted by Gasteiger charge is -2.42. The largest absolute Gasteiger partial charge is 0.508 e. The first-order valence-corrected chi connectivity index (χ1v) is 10.3. The molecule has 7 heteroatoms. The van der Waals surface area contributed by atoms with E-state index in [9.17, 15) is 29.5 Å². The van der Waals surface area contributed by atoms with E-state index in [1.165, 1.54) is 6.08 Å². The van der Waals surface area contributed by atoms with E-state index in [0.29, 0.717) is 22.3 Å². The molecule has 1 saturated heterocycles. The third kappa shape index (κ3) is 2.63. The molecule has 3 aliphatic carbocycles. The second-order valence-corrected chi connectivity index (χ2v) is 8.76. The first kappa shape index (κ1) is 19.6. The van der Waals surface area contributed by atoms with E-state index in [4.69, 9.17) is 0 Å². The molecule has 4 atom stereocenters. The molecular formula is C24H21NO6. The third-order valence-corrected chi connectivity index (χ3v) is 7.09. The fourth-order valence-corrected chi connectivity index (χ4v) is 5.60. The number of aromatic hydroxyl groups is 1. The van der Waals surface area contributed by atoms with Crippen LogP contribution in [0.4, 0.5) is 0 Å². The zero-order valence-corrected chi connectivity index (χ0v) is 17.1. The number of rotatable bonds is 1. The smallest absolute Gasteiger partial charge is 0.257 e. The van der Waals surface area contributed by atoms with Gasteiger partial charge in [-0.25, -0.2) is 0 Å². The first-order chi connectivity index (χ1) is 14.7. The van der Waals surface area contributed by atoms with Crippen molar-refractivity contribution in [1.29, 1.82) is 0 Å². The fourth-order valence-electron chi connectivity index (χ4n) is 5.60. The Kier molecular flexibility index (Phi) is 4.17. The Hall–Kier alpha value is -3.32. The van der Waals surface area contributed by atoms with Crippen molar-refractivity contribution in [2.24, 2.45) is 17.8 Å². The van der Waals surface area contributed by atoms with Crippen molar-refractivity contribution >= 4 is 23.4 Å². The monoisotopic (exact) mass is 419 g/mol. The van der Waals surface area contributed by atoms with Gasteiger partial charge in [0, 0.05) is 22.6 Å². The Labute approximate surface area is 178 Å². The zero-order chi connectivity index (χ0) is 22.2. The number of phenols is 1. The number of hydrogen-bond donors (Lipinski definition) is 2. The number of fused-ring (bicyclic) bond motifs is 3. The number of allylic oxidation sites excluding steroid dienone is 6. The zero-order valence-electron chi connectivity index (χ0n) is 17.1. The number of phenolic OH excluding ortho intramolecular Hbond substituents is 1. The number of aryl methyl sites for hydroxylation is 1. The topological polar surface area (TPSA) is 112 Å². The Morgan fingerprint density at radius 2 is 1.77 bits per heavy atom. The SMILES string of the molecule is CC1=CC(=O)C2=C(CC3C(=CCC4C(=O)N(O)C(=O)C43)C2c2ccc(O)c(C)c2)C1=O. The van der Waals surface area contributed by atoms with Crippen molar-refractivity contribution in [3.05, 3.63) is 63.8 Å². The number of Topliss-reactive ketones (excluding diaryl/α,β-unsaturated/α-hetero) is 1. The van der Waals surface area contributed by atoms with Crippen molar-refractivity contribution in [2.75, 3.05) is 0 Å². The van der Waals surface area contributed by atoms with Crippen LogP contribution in [0.5, 0.6) is 5.75 Å². The number of imide groups is 1. The summed E-state index contributed by atoms with van der Waals surface area (Å²) < 4.78 is 0. The van der Waals surface area contributed by atoms with Gasteiger partial charge in [0.05, 0.1) is 11.8 Å². The number of hydroxylamine groups is 2. The second-order valence-electron chi connectivity index (χ2n) is 8.76. The molecule has 4 aliphatic rings. The molecule has 0 aromatic heterocycles. The molecule has 0 bridgehead atoms. The molecule has 4 unspecified atom stereocenters. The molecule has 2 amide bonds. The molecule has 0 spiro atoms. The summed E-state index contributed by atoms with van der Waals surface area (Å²) in [5, 5.41) is 20.1. The van der Waals surface area contributed by atoms with Gasteiger partial charge < -0.3 is 5.11 Å². The second kappa shape index (κ2) is 6.59. The van der Waals surface area contributed by atoms with Crippen LogP contribution in [-0.2, 0) is 19.2 Å².